The van der Waals surface area contributed by atoms with Gasteiger partial charge in [-0.25, -0.2) is 4.79 Å². The molecular weight excluding hydrogens is 248 g/mol. The first kappa shape index (κ1) is 12.3. The van der Waals surface area contributed by atoms with Crippen molar-refractivity contribution in [3.8, 4) is 0 Å². The quantitative estimate of drug-likeness (QED) is 0.703. The minimum absolute atomic E-state index is 0.116. The highest BCUT2D eigenvalue weighted by Crippen LogP contribution is 2.35. The molecule has 4 N–H and O–H groups in total. The van der Waals surface area contributed by atoms with Gasteiger partial charge in [0.2, 0.25) is 0 Å². The van der Waals surface area contributed by atoms with Crippen LogP contribution in [0.4, 0.5) is 11.4 Å². The van der Waals surface area contributed by atoms with Crippen LogP contribution < -0.4 is 11.1 Å². The number of aromatic carboxylic acids is 1. The van der Waals surface area contributed by atoms with E-state index in [9.17, 15) is 4.79 Å². The predicted molar refractivity (Wildman–Crippen MR) is 69.3 cm³/mol. The van der Waals surface area contributed by atoms with E-state index in [0.29, 0.717) is 25.5 Å². The molecule has 2 aliphatic rings. The first-order chi connectivity index (χ1) is 9.10. The smallest absolute Gasteiger partial charge is 0.337 e. The first-order valence-electron chi connectivity index (χ1n) is 6.20. The number of nitrogen functional groups attached to an aromatic ring is 1. The number of anilines is 2. The molecule has 0 bridgehead atoms. The molecule has 0 saturated carbocycles. The summed E-state index contributed by atoms with van der Waals surface area (Å²) in [7, 11) is 0. The molecule has 1 aromatic rings. The van der Waals surface area contributed by atoms with Gasteiger partial charge in [-0.15, -0.1) is 0 Å². The number of nitrogens with two attached hydrogens (primary N) is 1. The Hall–Kier alpha value is -1.79. The van der Waals surface area contributed by atoms with Crippen LogP contribution >= 0.6 is 0 Å². The number of para-hydroxylation sites is 1. The van der Waals surface area contributed by atoms with E-state index in [0.717, 1.165) is 6.42 Å². The second-order valence-electron chi connectivity index (χ2n) is 5.10. The zero-order chi connectivity index (χ0) is 13.5. The van der Waals surface area contributed by atoms with Crippen LogP contribution in [0.2, 0.25) is 0 Å². The minimum atomic E-state index is -1.02. The van der Waals surface area contributed by atoms with Crippen molar-refractivity contribution < 1.29 is 19.4 Å². The molecule has 2 aliphatic heterocycles. The highest BCUT2D eigenvalue weighted by atomic mass is 16.6. The molecule has 19 heavy (non-hydrogen) atoms. The molecule has 102 valence electrons. The normalized spacial score (nSPS) is 24.1. The van der Waals surface area contributed by atoms with Gasteiger partial charge in [-0.1, -0.05) is 6.07 Å². The number of ether oxygens (including phenoxy) is 2. The molecular formula is C13H16N2O4. The van der Waals surface area contributed by atoms with E-state index in [2.05, 4.69) is 5.32 Å². The van der Waals surface area contributed by atoms with E-state index in [1.165, 1.54) is 6.07 Å². The molecule has 6 heteroatoms. The number of hydrogen-bond donors (Lipinski definition) is 3. The van der Waals surface area contributed by atoms with Crippen molar-refractivity contribution in [2.45, 2.75) is 18.1 Å². The standard InChI is InChI=1S/C13H16N2O4/c14-11-9(12(16)17)2-1-3-10(11)15-8-4-13(19-5-8)6-18-7-13/h1-3,8,15H,4-7,14H2,(H,16,17). The highest BCUT2D eigenvalue weighted by molar-refractivity contribution is 5.97. The van der Waals surface area contributed by atoms with Crippen molar-refractivity contribution in [2.75, 3.05) is 30.9 Å². The van der Waals surface area contributed by atoms with Gasteiger partial charge in [-0.05, 0) is 12.1 Å². The fourth-order valence-electron chi connectivity index (χ4n) is 2.57. The van der Waals surface area contributed by atoms with Crippen molar-refractivity contribution in [3.63, 3.8) is 0 Å². The lowest BCUT2D eigenvalue weighted by Gasteiger charge is -2.36. The van der Waals surface area contributed by atoms with Crippen molar-refractivity contribution >= 4 is 17.3 Å². The summed E-state index contributed by atoms with van der Waals surface area (Å²) in [5.74, 6) is -1.02. The molecule has 2 saturated heterocycles. The Balaban J connectivity index is 1.73. The number of carboxylic acid groups (broad SMARTS) is 1. The second kappa shape index (κ2) is 4.40. The molecule has 2 heterocycles. The summed E-state index contributed by atoms with van der Waals surface area (Å²) in [5, 5.41) is 12.3. The van der Waals surface area contributed by atoms with Gasteiger partial charge in [0.1, 0.15) is 5.60 Å². The van der Waals surface area contributed by atoms with Crippen LogP contribution in [-0.2, 0) is 9.47 Å². The fourth-order valence-corrected chi connectivity index (χ4v) is 2.57. The maximum Gasteiger partial charge on any atom is 0.337 e. The Morgan fingerprint density at radius 2 is 2.26 bits per heavy atom. The lowest BCUT2D eigenvalue weighted by molar-refractivity contribution is -0.184. The fraction of sp³-hybridized carbons (Fsp3) is 0.462. The average molecular weight is 264 g/mol. The van der Waals surface area contributed by atoms with Crippen LogP contribution in [0.15, 0.2) is 18.2 Å². The first-order valence-corrected chi connectivity index (χ1v) is 6.20. The topological polar surface area (TPSA) is 93.8 Å². The van der Waals surface area contributed by atoms with E-state index in [1.807, 2.05) is 0 Å². The van der Waals surface area contributed by atoms with Gasteiger partial charge in [0, 0.05) is 6.42 Å². The van der Waals surface area contributed by atoms with Gasteiger partial charge in [-0.2, -0.15) is 0 Å². The van der Waals surface area contributed by atoms with Crippen molar-refractivity contribution in [2.24, 2.45) is 0 Å². The molecule has 1 spiro atoms. The highest BCUT2D eigenvalue weighted by Gasteiger charge is 2.46. The SMILES string of the molecule is Nc1c(NC2COC3(COC3)C2)cccc1C(=O)O. The summed E-state index contributed by atoms with van der Waals surface area (Å²) in [6.45, 7) is 1.85. The molecule has 1 aromatic carbocycles. The summed E-state index contributed by atoms with van der Waals surface area (Å²) in [4.78, 5) is 11.0. The maximum absolute atomic E-state index is 11.0. The number of carboxylic acids is 1. The van der Waals surface area contributed by atoms with E-state index >= 15 is 0 Å². The third-order valence-corrected chi connectivity index (χ3v) is 3.64. The van der Waals surface area contributed by atoms with Crippen LogP contribution in [0.3, 0.4) is 0 Å². The predicted octanol–water partition coefficient (Wildman–Crippen LogP) is 0.937. The Labute approximate surface area is 110 Å². The Morgan fingerprint density at radius 3 is 2.84 bits per heavy atom. The Morgan fingerprint density at radius 1 is 1.47 bits per heavy atom. The van der Waals surface area contributed by atoms with Gasteiger partial charge in [0.25, 0.3) is 0 Å². The lowest BCUT2D eigenvalue weighted by atomic mass is 9.96. The summed E-state index contributed by atoms with van der Waals surface area (Å²) in [6, 6.07) is 5.09. The average Bonchev–Trinajstić information content (AvgIpc) is 2.75. The monoisotopic (exact) mass is 264 g/mol. The van der Waals surface area contributed by atoms with E-state index in [1.54, 1.807) is 12.1 Å². The third kappa shape index (κ3) is 2.13. The van der Waals surface area contributed by atoms with Crippen LogP contribution in [-0.4, -0.2) is 42.5 Å². The summed E-state index contributed by atoms with van der Waals surface area (Å²) < 4.78 is 10.9. The third-order valence-electron chi connectivity index (χ3n) is 3.64. The van der Waals surface area contributed by atoms with Crippen molar-refractivity contribution in [1.82, 2.24) is 0 Å². The largest absolute Gasteiger partial charge is 0.478 e. The van der Waals surface area contributed by atoms with Gasteiger partial charge >= 0.3 is 5.97 Å². The summed E-state index contributed by atoms with van der Waals surface area (Å²) >= 11 is 0. The molecule has 6 nitrogen and oxygen atoms in total. The molecule has 0 radical (unpaired) electrons. The van der Waals surface area contributed by atoms with Crippen LogP contribution in [0, 0.1) is 0 Å². The van der Waals surface area contributed by atoms with E-state index < -0.39 is 5.97 Å². The second-order valence-corrected chi connectivity index (χ2v) is 5.10. The van der Waals surface area contributed by atoms with Gasteiger partial charge in [-0.3, -0.25) is 0 Å². The molecule has 1 unspecified atom stereocenters. The van der Waals surface area contributed by atoms with Crippen molar-refractivity contribution in [1.29, 1.82) is 0 Å². The lowest BCUT2D eigenvalue weighted by Crippen LogP contribution is -2.49. The maximum atomic E-state index is 11.0. The molecule has 3 rings (SSSR count). The number of hydrogen-bond acceptors (Lipinski definition) is 5. The van der Waals surface area contributed by atoms with E-state index in [-0.39, 0.29) is 22.9 Å². The van der Waals surface area contributed by atoms with Crippen LogP contribution in [0.5, 0.6) is 0 Å². The molecule has 0 aromatic heterocycles. The van der Waals surface area contributed by atoms with Gasteiger partial charge in [0.05, 0.1) is 42.8 Å². The molecule has 2 fully saturated rings. The number of rotatable bonds is 3. The Bertz CT molecular complexity index is 513. The summed E-state index contributed by atoms with van der Waals surface area (Å²) in [6.07, 6.45) is 0.851. The minimum Gasteiger partial charge on any atom is -0.478 e. The Kier molecular flexibility index (Phi) is 2.83. The number of carbonyl (C=O) groups is 1. The van der Waals surface area contributed by atoms with Gasteiger partial charge < -0.3 is 25.6 Å². The molecule has 0 amide bonds. The zero-order valence-electron chi connectivity index (χ0n) is 10.4. The van der Waals surface area contributed by atoms with E-state index in [4.69, 9.17) is 20.3 Å². The van der Waals surface area contributed by atoms with Crippen LogP contribution in [0.1, 0.15) is 16.8 Å². The number of benzene rings is 1. The molecule has 1 atom stereocenters. The summed E-state index contributed by atoms with van der Waals surface area (Å²) in [5.41, 5.74) is 6.75. The number of nitrogens with one attached hydrogen (secondary N) is 1. The van der Waals surface area contributed by atoms with Gasteiger partial charge in [0.15, 0.2) is 0 Å². The molecule has 0 aliphatic carbocycles. The zero-order valence-corrected chi connectivity index (χ0v) is 10.4. The van der Waals surface area contributed by atoms with Crippen molar-refractivity contribution in [3.05, 3.63) is 23.8 Å². The van der Waals surface area contributed by atoms with Crippen LogP contribution in [0.25, 0.3) is 0 Å².